The van der Waals surface area contributed by atoms with Gasteiger partial charge >= 0.3 is 5.97 Å². The molecule has 1 heterocycles. The standard InChI is InChI=1S/C24H39N5O4S/c1-8-11-12-13-29(23(30)21(27-28-25)17(6)9-2)19(16(4)5)14-20(33-10-3)22-26-18(15-34-22)24(31)32-7/h11-12,15-17,19-21H,8-10,13-14H2,1-7H3/t17?,19-,20-,21+/m1/s1. The lowest BCUT2D eigenvalue weighted by molar-refractivity contribution is -0.137. The Labute approximate surface area is 207 Å². The predicted octanol–water partition coefficient (Wildman–Crippen LogP) is 5.94. The van der Waals surface area contributed by atoms with Crippen LogP contribution in [-0.2, 0) is 14.3 Å². The summed E-state index contributed by atoms with van der Waals surface area (Å²) >= 11 is 1.34. The predicted molar refractivity (Wildman–Crippen MR) is 135 cm³/mol. The summed E-state index contributed by atoms with van der Waals surface area (Å²) in [7, 11) is 1.32. The first-order valence-corrected chi connectivity index (χ1v) is 12.8. The van der Waals surface area contributed by atoms with Gasteiger partial charge in [-0.1, -0.05) is 58.3 Å². The van der Waals surface area contributed by atoms with E-state index in [2.05, 4.69) is 28.9 Å². The van der Waals surface area contributed by atoms with E-state index in [0.29, 0.717) is 24.6 Å². The number of azide groups is 1. The van der Waals surface area contributed by atoms with Crippen molar-refractivity contribution in [3.05, 3.63) is 38.7 Å². The molecule has 0 aliphatic rings. The van der Waals surface area contributed by atoms with Crippen LogP contribution in [0.2, 0.25) is 0 Å². The number of aromatic nitrogens is 1. The molecule has 9 nitrogen and oxygen atoms in total. The van der Waals surface area contributed by atoms with E-state index in [0.717, 1.165) is 12.8 Å². The largest absolute Gasteiger partial charge is 0.464 e. The minimum Gasteiger partial charge on any atom is -0.464 e. The number of methoxy groups -OCH3 is 1. The van der Waals surface area contributed by atoms with Gasteiger partial charge in [0.05, 0.1) is 7.11 Å². The third-order valence-electron chi connectivity index (χ3n) is 5.78. The molecule has 1 aromatic heterocycles. The maximum absolute atomic E-state index is 13.7. The number of hydrogen-bond donors (Lipinski definition) is 0. The molecule has 1 unspecified atom stereocenters. The Morgan fingerprint density at radius 1 is 1.26 bits per heavy atom. The van der Waals surface area contributed by atoms with Gasteiger partial charge in [0, 0.05) is 35.9 Å². The molecule has 0 spiro atoms. The summed E-state index contributed by atoms with van der Waals surface area (Å²) < 4.78 is 10.8. The number of amides is 1. The molecule has 4 atom stereocenters. The van der Waals surface area contributed by atoms with Gasteiger partial charge in [0.25, 0.3) is 0 Å². The summed E-state index contributed by atoms with van der Waals surface area (Å²) in [5.41, 5.74) is 9.36. The number of carbonyl (C=O) groups is 2. The van der Waals surface area contributed by atoms with Crippen LogP contribution in [-0.4, -0.2) is 54.1 Å². The number of thiazole rings is 1. The van der Waals surface area contributed by atoms with Gasteiger partial charge in [-0.2, -0.15) is 0 Å². The average molecular weight is 494 g/mol. The first-order valence-electron chi connectivity index (χ1n) is 11.9. The van der Waals surface area contributed by atoms with Gasteiger partial charge in [-0.3, -0.25) is 4.79 Å². The van der Waals surface area contributed by atoms with Gasteiger partial charge in [-0.15, -0.1) is 11.3 Å². The molecule has 1 amide bonds. The number of rotatable bonds is 15. The second-order valence-electron chi connectivity index (χ2n) is 8.46. The number of hydrogen-bond acceptors (Lipinski definition) is 7. The van der Waals surface area contributed by atoms with Gasteiger partial charge < -0.3 is 14.4 Å². The molecule has 0 fully saturated rings. The molecule has 0 radical (unpaired) electrons. The van der Waals surface area contributed by atoms with Crippen molar-refractivity contribution in [1.82, 2.24) is 9.88 Å². The van der Waals surface area contributed by atoms with E-state index in [1.165, 1.54) is 18.4 Å². The molecular weight excluding hydrogens is 454 g/mol. The minimum atomic E-state index is -0.775. The van der Waals surface area contributed by atoms with E-state index in [1.807, 2.05) is 44.7 Å². The number of ether oxygens (including phenoxy) is 2. The highest BCUT2D eigenvalue weighted by atomic mass is 32.1. The van der Waals surface area contributed by atoms with Crippen molar-refractivity contribution in [2.24, 2.45) is 17.0 Å². The zero-order valence-electron chi connectivity index (χ0n) is 21.4. The molecule has 0 aromatic carbocycles. The molecule has 10 heteroatoms. The third kappa shape index (κ3) is 8.42. The van der Waals surface area contributed by atoms with Crippen LogP contribution < -0.4 is 0 Å². The summed E-state index contributed by atoms with van der Waals surface area (Å²) in [6.45, 7) is 12.8. The van der Waals surface area contributed by atoms with E-state index in [9.17, 15) is 9.59 Å². The maximum Gasteiger partial charge on any atom is 0.357 e. The summed E-state index contributed by atoms with van der Waals surface area (Å²) in [6.07, 6.45) is 5.68. The molecule has 0 saturated carbocycles. The highest BCUT2D eigenvalue weighted by Crippen LogP contribution is 2.31. The number of carbonyl (C=O) groups excluding carboxylic acids is 2. The third-order valence-corrected chi connectivity index (χ3v) is 6.72. The molecule has 0 bridgehead atoms. The van der Waals surface area contributed by atoms with Crippen molar-refractivity contribution in [3.8, 4) is 0 Å². The molecule has 0 N–H and O–H groups in total. The SMILES string of the molecule is CCC=CCN(C(=O)[C@@H](N=[N+]=[N-])C(C)CC)[C@H](C[C@@H](OCC)c1nc(C(=O)OC)cs1)C(C)C. The van der Waals surface area contributed by atoms with Crippen molar-refractivity contribution < 1.29 is 19.1 Å². The van der Waals surface area contributed by atoms with E-state index < -0.39 is 18.1 Å². The second kappa shape index (κ2) is 15.5. The van der Waals surface area contributed by atoms with Gasteiger partial charge in [0.15, 0.2) is 5.69 Å². The Bertz CT molecular complexity index is 850. The van der Waals surface area contributed by atoms with Crippen LogP contribution in [0.5, 0.6) is 0 Å². The van der Waals surface area contributed by atoms with Crippen LogP contribution in [0.25, 0.3) is 10.4 Å². The fraction of sp³-hybridized carbons (Fsp3) is 0.708. The molecule has 0 aliphatic heterocycles. The minimum absolute atomic E-state index is 0.0851. The Hall–Kier alpha value is -2.42. The molecule has 1 aromatic rings. The Morgan fingerprint density at radius 3 is 2.50 bits per heavy atom. The van der Waals surface area contributed by atoms with Gasteiger partial charge in [-0.05, 0) is 30.7 Å². The molecule has 34 heavy (non-hydrogen) atoms. The summed E-state index contributed by atoms with van der Waals surface area (Å²) in [6, 6.07) is -0.973. The first kappa shape index (κ1) is 29.6. The Kier molecular flexibility index (Phi) is 13.5. The molecule has 1 rings (SSSR count). The van der Waals surface area contributed by atoms with Gasteiger partial charge in [0.2, 0.25) is 5.91 Å². The summed E-state index contributed by atoms with van der Waals surface area (Å²) in [5.74, 6) is -0.662. The number of allylic oxidation sites excluding steroid dienone is 1. The topological polar surface area (TPSA) is 117 Å². The lowest BCUT2D eigenvalue weighted by Crippen LogP contribution is -2.49. The normalized spacial score (nSPS) is 14.9. The molecular formula is C24H39N5O4S. The zero-order chi connectivity index (χ0) is 25.7. The second-order valence-corrected chi connectivity index (χ2v) is 9.35. The highest BCUT2D eigenvalue weighted by Gasteiger charge is 2.35. The lowest BCUT2D eigenvalue weighted by atomic mass is 9.92. The number of nitrogens with zero attached hydrogens (tertiary/aromatic N) is 5. The molecule has 0 aliphatic carbocycles. The van der Waals surface area contributed by atoms with Crippen molar-refractivity contribution in [2.45, 2.75) is 79.0 Å². The van der Waals surface area contributed by atoms with Crippen LogP contribution in [0.4, 0.5) is 0 Å². The van der Waals surface area contributed by atoms with Crippen molar-refractivity contribution >= 4 is 23.2 Å². The monoisotopic (exact) mass is 493 g/mol. The fourth-order valence-electron chi connectivity index (χ4n) is 3.65. The summed E-state index contributed by atoms with van der Waals surface area (Å²) in [4.78, 5) is 34.8. The summed E-state index contributed by atoms with van der Waals surface area (Å²) in [5, 5.41) is 6.19. The van der Waals surface area contributed by atoms with E-state index in [-0.39, 0.29) is 29.5 Å². The highest BCUT2D eigenvalue weighted by molar-refractivity contribution is 7.09. The molecule has 190 valence electrons. The first-order chi connectivity index (χ1) is 16.2. The Balaban J connectivity index is 3.37. The van der Waals surface area contributed by atoms with Gasteiger partial charge in [0.1, 0.15) is 17.2 Å². The molecule has 0 saturated heterocycles. The maximum atomic E-state index is 13.7. The van der Waals surface area contributed by atoms with Crippen LogP contribution in [0.15, 0.2) is 22.6 Å². The Morgan fingerprint density at radius 2 is 1.97 bits per heavy atom. The van der Waals surface area contributed by atoms with E-state index >= 15 is 0 Å². The number of esters is 1. The smallest absolute Gasteiger partial charge is 0.357 e. The zero-order valence-corrected chi connectivity index (χ0v) is 22.2. The van der Waals surface area contributed by atoms with Crippen molar-refractivity contribution in [1.29, 1.82) is 0 Å². The van der Waals surface area contributed by atoms with Gasteiger partial charge in [-0.25, -0.2) is 9.78 Å². The van der Waals surface area contributed by atoms with E-state index in [4.69, 9.17) is 15.0 Å². The van der Waals surface area contributed by atoms with Crippen LogP contribution in [0.1, 0.15) is 82.4 Å². The van der Waals surface area contributed by atoms with Crippen molar-refractivity contribution in [3.63, 3.8) is 0 Å². The average Bonchev–Trinajstić information content (AvgIpc) is 3.32. The van der Waals surface area contributed by atoms with E-state index in [1.54, 1.807) is 5.38 Å². The lowest BCUT2D eigenvalue weighted by Gasteiger charge is -2.38. The fourth-order valence-corrected chi connectivity index (χ4v) is 4.50. The van der Waals surface area contributed by atoms with Crippen molar-refractivity contribution in [2.75, 3.05) is 20.3 Å². The van der Waals surface area contributed by atoms with Crippen LogP contribution in [0.3, 0.4) is 0 Å². The van der Waals surface area contributed by atoms with Crippen LogP contribution in [0, 0.1) is 11.8 Å². The van der Waals surface area contributed by atoms with Crippen LogP contribution >= 0.6 is 11.3 Å². The quantitative estimate of drug-likeness (QED) is 0.0984.